The van der Waals surface area contributed by atoms with Crippen molar-refractivity contribution in [1.29, 1.82) is 0 Å². The lowest BCUT2D eigenvalue weighted by atomic mass is 10.2. The van der Waals surface area contributed by atoms with Crippen molar-refractivity contribution in [2.45, 2.75) is 24.3 Å². The number of esters is 1. The third kappa shape index (κ3) is 5.35. The van der Waals surface area contributed by atoms with Crippen LogP contribution in [0.25, 0.3) is 0 Å². The number of H-pyrrole nitrogens is 1. The highest BCUT2D eigenvalue weighted by Crippen LogP contribution is 2.21. The van der Waals surface area contributed by atoms with E-state index in [1.807, 2.05) is 0 Å². The van der Waals surface area contributed by atoms with Gasteiger partial charge in [0, 0.05) is 11.8 Å². The molecule has 0 aliphatic carbocycles. The van der Waals surface area contributed by atoms with Crippen molar-refractivity contribution in [3.05, 3.63) is 46.2 Å². The number of amides is 1. The number of carbonyl (C=O) groups is 2. The van der Waals surface area contributed by atoms with Crippen molar-refractivity contribution in [1.82, 2.24) is 9.97 Å². The highest BCUT2D eigenvalue weighted by Gasteiger charge is 2.17. The van der Waals surface area contributed by atoms with E-state index in [2.05, 4.69) is 15.3 Å². The molecule has 4 N–H and O–H groups in total. The zero-order valence-corrected chi connectivity index (χ0v) is 14.6. The Morgan fingerprint density at radius 2 is 2.16 bits per heavy atom. The SMILES string of the molecule is CCOC(=O)c1cccc(NC(=O)C(C)Sc2nc(N)cc(=O)[nH]2)c1. The number of ether oxygens (including phenoxy) is 1. The minimum absolute atomic E-state index is 0.0843. The van der Waals surface area contributed by atoms with E-state index in [-0.39, 0.29) is 29.0 Å². The van der Waals surface area contributed by atoms with Crippen LogP contribution >= 0.6 is 11.8 Å². The molecule has 0 aliphatic rings. The lowest BCUT2D eigenvalue weighted by Gasteiger charge is -2.12. The van der Waals surface area contributed by atoms with Crippen molar-refractivity contribution in [3.8, 4) is 0 Å². The van der Waals surface area contributed by atoms with E-state index >= 15 is 0 Å². The lowest BCUT2D eigenvalue weighted by molar-refractivity contribution is -0.115. The number of aromatic nitrogens is 2. The summed E-state index contributed by atoms with van der Waals surface area (Å²) in [5, 5.41) is 2.42. The molecule has 1 atom stereocenters. The maximum absolute atomic E-state index is 12.3. The van der Waals surface area contributed by atoms with Crippen LogP contribution in [0.2, 0.25) is 0 Å². The van der Waals surface area contributed by atoms with E-state index in [9.17, 15) is 14.4 Å². The van der Waals surface area contributed by atoms with E-state index in [1.165, 1.54) is 6.07 Å². The fourth-order valence-electron chi connectivity index (χ4n) is 1.91. The van der Waals surface area contributed by atoms with Crippen LogP contribution in [0.5, 0.6) is 0 Å². The molecule has 0 saturated heterocycles. The third-order valence-electron chi connectivity index (χ3n) is 3.04. The first-order valence-electron chi connectivity index (χ1n) is 7.50. The summed E-state index contributed by atoms with van der Waals surface area (Å²) in [5.74, 6) is -0.681. The Morgan fingerprint density at radius 1 is 1.40 bits per heavy atom. The van der Waals surface area contributed by atoms with Crippen molar-refractivity contribution < 1.29 is 14.3 Å². The number of nitrogen functional groups attached to an aromatic ring is 1. The zero-order chi connectivity index (χ0) is 18.4. The van der Waals surface area contributed by atoms with Gasteiger partial charge in [-0.15, -0.1) is 0 Å². The van der Waals surface area contributed by atoms with Gasteiger partial charge in [0.15, 0.2) is 5.16 Å². The molecule has 25 heavy (non-hydrogen) atoms. The van der Waals surface area contributed by atoms with Crippen molar-refractivity contribution >= 4 is 35.1 Å². The van der Waals surface area contributed by atoms with E-state index in [1.54, 1.807) is 32.0 Å². The van der Waals surface area contributed by atoms with E-state index in [0.29, 0.717) is 11.3 Å². The van der Waals surface area contributed by atoms with Crippen LogP contribution in [0.3, 0.4) is 0 Å². The standard InChI is InChI=1S/C16H18N4O4S/c1-3-24-15(23)10-5-4-6-11(7-10)18-14(22)9(2)25-16-19-12(17)8-13(21)20-16/h4-9H,3H2,1-2H3,(H,18,22)(H3,17,19,20,21). The summed E-state index contributed by atoms with van der Waals surface area (Å²) in [6.45, 7) is 3.66. The first-order valence-corrected chi connectivity index (χ1v) is 8.38. The summed E-state index contributed by atoms with van der Waals surface area (Å²) in [4.78, 5) is 41.9. The Balaban J connectivity index is 2.04. The smallest absolute Gasteiger partial charge is 0.338 e. The molecule has 0 fully saturated rings. The number of carbonyl (C=O) groups excluding carboxylic acids is 2. The van der Waals surface area contributed by atoms with E-state index in [0.717, 1.165) is 17.8 Å². The molecule has 0 bridgehead atoms. The molecule has 0 saturated carbocycles. The summed E-state index contributed by atoms with van der Waals surface area (Å²) in [6, 6.07) is 7.62. The Kier molecular flexibility index (Phi) is 6.18. The van der Waals surface area contributed by atoms with Gasteiger partial charge in [0.25, 0.3) is 5.56 Å². The minimum Gasteiger partial charge on any atom is -0.462 e. The molecule has 2 aromatic rings. The molecule has 132 valence electrons. The Morgan fingerprint density at radius 3 is 2.84 bits per heavy atom. The number of hydrogen-bond donors (Lipinski definition) is 3. The molecular formula is C16H18N4O4S. The predicted octanol–water partition coefficient (Wildman–Crippen LogP) is 1.65. The van der Waals surface area contributed by atoms with Crippen LogP contribution in [-0.2, 0) is 9.53 Å². The monoisotopic (exact) mass is 362 g/mol. The highest BCUT2D eigenvalue weighted by atomic mass is 32.2. The van der Waals surface area contributed by atoms with E-state index < -0.39 is 11.2 Å². The molecule has 0 spiro atoms. The first kappa shape index (κ1) is 18.5. The molecule has 1 aromatic carbocycles. The summed E-state index contributed by atoms with van der Waals surface area (Å²) in [6.07, 6.45) is 0. The van der Waals surface area contributed by atoms with Crippen LogP contribution in [0.4, 0.5) is 11.5 Å². The van der Waals surface area contributed by atoms with Gasteiger partial charge in [0.1, 0.15) is 5.82 Å². The second-order valence-electron chi connectivity index (χ2n) is 5.03. The molecule has 2 rings (SSSR count). The van der Waals surface area contributed by atoms with Crippen molar-refractivity contribution in [2.75, 3.05) is 17.7 Å². The summed E-state index contributed by atoms with van der Waals surface area (Å²) < 4.78 is 4.93. The molecule has 0 radical (unpaired) electrons. The van der Waals surface area contributed by atoms with Gasteiger partial charge >= 0.3 is 5.97 Å². The average molecular weight is 362 g/mol. The molecule has 1 unspecified atom stereocenters. The van der Waals surface area contributed by atoms with E-state index in [4.69, 9.17) is 10.5 Å². The molecule has 0 aliphatic heterocycles. The molecule has 1 aromatic heterocycles. The predicted molar refractivity (Wildman–Crippen MR) is 95.6 cm³/mol. The summed E-state index contributed by atoms with van der Waals surface area (Å²) >= 11 is 1.07. The van der Waals surface area contributed by atoms with Crippen molar-refractivity contribution in [3.63, 3.8) is 0 Å². The molecule has 1 heterocycles. The average Bonchev–Trinajstić information content (AvgIpc) is 2.54. The molecular weight excluding hydrogens is 344 g/mol. The number of benzene rings is 1. The van der Waals surface area contributed by atoms with Crippen LogP contribution in [0, 0.1) is 0 Å². The number of nitrogens with one attached hydrogen (secondary N) is 2. The normalized spacial score (nSPS) is 11.6. The Hall–Kier alpha value is -2.81. The second kappa shape index (κ2) is 8.34. The number of thioether (sulfide) groups is 1. The first-order chi connectivity index (χ1) is 11.9. The number of anilines is 2. The fourth-order valence-corrected chi connectivity index (χ4v) is 2.73. The van der Waals surface area contributed by atoms with Gasteiger partial charge < -0.3 is 20.8 Å². The molecule has 8 nitrogen and oxygen atoms in total. The molecule has 9 heteroatoms. The summed E-state index contributed by atoms with van der Waals surface area (Å²) in [5.41, 5.74) is 5.95. The van der Waals surface area contributed by atoms with Gasteiger partial charge in [-0.25, -0.2) is 9.78 Å². The largest absolute Gasteiger partial charge is 0.462 e. The van der Waals surface area contributed by atoms with Crippen LogP contribution in [0.1, 0.15) is 24.2 Å². The topological polar surface area (TPSA) is 127 Å². The number of nitrogens with two attached hydrogens (primary N) is 1. The van der Waals surface area contributed by atoms with Crippen LogP contribution in [0.15, 0.2) is 40.3 Å². The maximum Gasteiger partial charge on any atom is 0.338 e. The number of hydrogen-bond acceptors (Lipinski definition) is 7. The summed E-state index contributed by atoms with van der Waals surface area (Å²) in [7, 11) is 0. The van der Waals surface area contributed by atoms with Gasteiger partial charge in [-0.05, 0) is 32.0 Å². The molecule has 1 amide bonds. The van der Waals surface area contributed by atoms with Gasteiger partial charge in [-0.3, -0.25) is 9.59 Å². The lowest BCUT2D eigenvalue weighted by Crippen LogP contribution is -2.23. The Labute approximate surface area is 148 Å². The maximum atomic E-state index is 12.3. The second-order valence-corrected chi connectivity index (χ2v) is 6.36. The fraction of sp³-hybridized carbons (Fsp3) is 0.250. The Bertz CT molecular complexity index is 837. The van der Waals surface area contributed by atoms with Crippen LogP contribution < -0.4 is 16.6 Å². The van der Waals surface area contributed by atoms with Gasteiger partial charge in [0.2, 0.25) is 5.91 Å². The van der Waals surface area contributed by atoms with Gasteiger partial charge in [0.05, 0.1) is 17.4 Å². The van der Waals surface area contributed by atoms with Crippen molar-refractivity contribution in [2.24, 2.45) is 0 Å². The quantitative estimate of drug-likeness (QED) is 0.405. The highest BCUT2D eigenvalue weighted by molar-refractivity contribution is 8.00. The minimum atomic E-state index is -0.545. The van der Waals surface area contributed by atoms with Crippen LogP contribution in [-0.4, -0.2) is 33.7 Å². The van der Waals surface area contributed by atoms with Gasteiger partial charge in [-0.1, -0.05) is 17.8 Å². The number of nitrogens with zero attached hydrogens (tertiary/aromatic N) is 1. The third-order valence-corrected chi connectivity index (χ3v) is 4.02. The van der Waals surface area contributed by atoms with Gasteiger partial charge in [-0.2, -0.15) is 0 Å². The number of rotatable bonds is 6. The zero-order valence-electron chi connectivity index (χ0n) is 13.7. The number of aromatic amines is 1.